The fraction of sp³-hybridized carbons (Fsp3) is 0.286. The van der Waals surface area contributed by atoms with E-state index < -0.39 is 11.7 Å². The van der Waals surface area contributed by atoms with Crippen molar-refractivity contribution in [3.8, 4) is 0 Å². The van der Waals surface area contributed by atoms with Crippen LogP contribution in [0.4, 0.5) is 10.1 Å². The summed E-state index contributed by atoms with van der Waals surface area (Å²) in [6, 6.07) is 4.59. The van der Waals surface area contributed by atoms with Gasteiger partial charge in [0, 0.05) is 24.2 Å². The van der Waals surface area contributed by atoms with E-state index in [9.17, 15) is 14.0 Å². The normalized spacial score (nSPS) is 10.6. The van der Waals surface area contributed by atoms with Crippen molar-refractivity contribution in [2.24, 2.45) is 0 Å². The number of rotatable bonds is 5. The molecule has 0 fully saturated rings. The summed E-state index contributed by atoms with van der Waals surface area (Å²) in [6.45, 7) is 2.58. The molecule has 5 nitrogen and oxygen atoms in total. The monoisotopic (exact) mass is 309 g/mol. The molecule has 0 radical (unpaired) electrons. The molecule has 2 rings (SSSR count). The summed E-state index contributed by atoms with van der Waals surface area (Å²) >= 11 is 1.14. The van der Waals surface area contributed by atoms with Crippen molar-refractivity contribution in [2.75, 3.05) is 18.8 Å². The smallest absolute Gasteiger partial charge is 0.263 e. The molecule has 0 saturated heterocycles. The lowest BCUT2D eigenvalue weighted by molar-refractivity contribution is -0.120. The van der Waals surface area contributed by atoms with Crippen LogP contribution in [0.5, 0.6) is 0 Å². The Balaban J connectivity index is 2.08. The number of fused-ring (bicyclic) bond motifs is 1. The van der Waals surface area contributed by atoms with Crippen LogP contribution in [-0.4, -0.2) is 24.9 Å². The zero-order chi connectivity index (χ0) is 15.4. The van der Waals surface area contributed by atoms with E-state index in [1.165, 1.54) is 6.07 Å². The SMILES string of the molecule is CCNC(=O)CCNC(=O)c1sc2cccc(F)c2c1N. The fourth-order valence-electron chi connectivity index (χ4n) is 1.95. The van der Waals surface area contributed by atoms with E-state index in [1.807, 2.05) is 6.92 Å². The molecule has 0 aliphatic heterocycles. The lowest BCUT2D eigenvalue weighted by atomic mass is 10.2. The van der Waals surface area contributed by atoms with Crippen molar-refractivity contribution >= 4 is 38.9 Å². The molecule has 1 aromatic heterocycles. The highest BCUT2D eigenvalue weighted by molar-refractivity contribution is 7.21. The second kappa shape index (κ2) is 6.53. The van der Waals surface area contributed by atoms with Crippen LogP contribution in [0, 0.1) is 5.82 Å². The minimum atomic E-state index is -0.442. The van der Waals surface area contributed by atoms with Crippen molar-refractivity contribution in [3.63, 3.8) is 0 Å². The van der Waals surface area contributed by atoms with Gasteiger partial charge in [-0.3, -0.25) is 9.59 Å². The Labute approximate surface area is 125 Å². The van der Waals surface area contributed by atoms with E-state index in [1.54, 1.807) is 12.1 Å². The van der Waals surface area contributed by atoms with Gasteiger partial charge >= 0.3 is 0 Å². The standard InChI is InChI=1S/C14H16FN3O2S/c1-2-17-10(19)6-7-18-14(20)13-12(16)11-8(15)4-3-5-9(11)21-13/h3-5H,2,6-7,16H2,1H3,(H,17,19)(H,18,20). The molecular formula is C14H16FN3O2S. The second-order valence-electron chi connectivity index (χ2n) is 4.42. The topological polar surface area (TPSA) is 84.2 Å². The first-order valence-corrected chi connectivity index (χ1v) is 7.37. The maximum absolute atomic E-state index is 13.7. The van der Waals surface area contributed by atoms with Gasteiger partial charge in [0.2, 0.25) is 5.91 Å². The number of nitrogens with one attached hydrogen (secondary N) is 2. The van der Waals surface area contributed by atoms with E-state index >= 15 is 0 Å². The van der Waals surface area contributed by atoms with Crippen LogP contribution in [0.15, 0.2) is 18.2 Å². The number of hydrogen-bond donors (Lipinski definition) is 3. The van der Waals surface area contributed by atoms with E-state index in [0.717, 1.165) is 11.3 Å². The molecule has 21 heavy (non-hydrogen) atoms. The molecule has 2 amide bonds. The Morgan fingerprint density at radius 3 is 2.76 bits per heavy atom. The Kier molecular flexibility index (Phi) is 4.74. The molecule has 1 heterocycles. The Hall–Kier alpha value is -2.15. The van der Waals surface area contributed by atoms with Crippen LogP contribution >= 0.6 is 11.3 Å². The minimum absolute atomic E-state index is 0.131. The fourth-order valence-corrected chi connectivity index (χ4v) is 3.01. The largest absolute Gasteiger partial charge is 0.397 e. The lowest BCUT2D eigenvalue weighted by Crippen LogP contribution is -2.30. The number of anilines is 1. The minimum Gasteiger partial charge on any atom is -0.397 e. The summed E-state index contributed by atoms with van der Waals surface area (Å²) in [7, 11) is 0. The highest BCUT2D eigenvalue weighted by Crippen LogP contribution is 2.35. The first-order chi connectivity index (χ1) is 10.0. The molecule has 0 bridgehead atoms. The number of thiophene rings is 1. The van der Waals surface area contributed by atoms with Gasteiger partial charge in [0.15, 0.2) is 0 Å². The molecular weight excluding hydrogens is 293 g/mol. The Morgan fingerprint density at radius 1 is 1.33 bits per heavy atom. The van der Waals surface area contributed by atoms with Gasteiger partial charge in [-0.15, -0.1) is 11.3 Å². The summed E-state index contributed by atoms with van der Waals surface area (Å²) in [4.78, 5) is 23.6. The summed E-state index contributed by atoms with van der Waals surface area (Å²) in [5.41, 5.74) is 5.99. The molecule has 1 aromatic carbocycles. The van der Waals surface area contributed by atoms with Crippen molar-refractivity contribution in [2.45, 2.75) is 13.3 Å². The number of benzene rings is 1. The first-order valence-electron chi connectivity index (χ1n) is 6.56. The third-order valence-electron chi connectivity index (χ3n) is 2.92. The average Bonchev–Trinajstić information content (AvgIpc) is 2.78. The quantitative estimate of drug-likeness (QED) is 0.788. The molecule has 0 spiro atoms. The molecule has 2 aromatic rings. The van der Waals surface area contributed by atoms with Gasteiger partial charge in [0.25, 0.3) is 5.91 Å². The Morgan fingerprint density at radius 2 is 2.10 bits per heavy atom. The molecule has 0 aliphatic rings. The van der Waals surface area contributed by atoms with Crippen LogP contribution in [-0.2, 0) is 4.79 Å². The lowest BCUT2D eigenvalue weighted by Gasteiger charge is -2.04. The third kappa shape index (κ3) is 3.30. The van der Waals surface area contributed by atoms with Crippen molar-refractivity contribution < 1.29 is 14.0 Å². The molecule has 0 saturated carbocycles. The number of carbonyl (C=O) groups excluding carboxylic acids is 2. The van der Waals surface area contributed by atoms with Gasteiger partial charge in [-0.25, -0.2) is 4.39 Å². The predicted octanol–water partition coefficient (Wildman–Crippen LogP) is 1.88. The second-order valence-corrected chi connectivity index (χ2v) is 5.47. The highest BCUT2D eigenvalue weighted by atomic mass is 32.1. The van der Waals surface area contributed by atoms with Crippen LogP contribution in [0.3, 0.4) is 0 Å². The highest BCUT2D eigenvalue weighted by Gasteiger charge is 2.18. The zero-order valence-electron chi connectivity index (χ0n) is 11.5. The maximum Gasteiger partial charge on any atom is 0.263 e. The molecule has 0 atom stereocenters. The van der Waals surface area contributed by atoms with Gasteiger partial charge in [0.1, 0.15) is 10.7 Å². The average molecular weight is 309 g/mol. The number of carbonyl (C=O) groups is 2. The van der Waals surface area contributed by atoms with Gasteiger partial charge in [-0.2, -0.15) is 0 Å². The number of nitrogen functional groups attached to an aromatic ring is 1. The summed E-state index contributed by atoms with van der Waals surface area (Å²) in [5.74, 6) is -0.965. The predicted molar refractivity (Wildman–Crippen MR) is 81.8 cm³/mol. The summed E-state index contributed by atoms with van der Waals surface area (Å²) < 4.78 is 14.3. The summed E-state index contributed by atoms with van der Waals surface area (Å²) in [6.07, 6.45) is 0.193. The first kappa shape index (κ1) is 15.2. The third-order valence-corrected chi connectivity index (χ3v) is 4.09. The van der Waals surface area contributed by atoms with Crippen molar-refractivity contribution in [3.05, 3.63) is 28.9 Å². The molecule has 0 aliphatic carbocycles. The van der Waals surface area contributed by atoms with Crippen LogP contribution in [0.25, 0.3) is 10.1 Å². The van der Waals surface area contributed by atoms with Gasteiger partial charge in [-0.05, 0) is 19.1 Å². The van der Waals surface area contributed by atoms with Crippen molar-refractivity contribution in [1.29, 1.82) is 0 Å². The van der Waals surface area contributed by atoms with Crippen LogP contribution in [0.1, 0.15) is 23.0 Å². The Bertz CT molecular complexity index is 684. The zero-order valence-corrected chi connectivity index (χ0v) is 12.3. The summed E-state index contributed by atoms with van der Waals surface area (Å²) in [5, 5.41) is 5.53. The van der Waals surface area contributed by atoms with Crippen molar-refractivity contribution in [1.82, 2.24) is 10.6 Å². The van der Waals surface area contributed by atoms with E-state index in [4.69, 9.17) is 5.73 Å². The molecule has 112 valence electrons. The van der Waals surface area contributed by atoms with E-state index in [0.29, 0.717) is 11.2 Å². The van der Waals surface area contributed by atoms with Crippen LogP contribution < -0.4 is 16.4 Å². The molecule has 0 unspecified atom stereocenters. The van der Waals surface area contributed by atoms with Gasteiger partial charge in [0.05, 0.1) is 11.1 Å². The van der Waals surface area contributed by atoms with Gasteiger partial charge < -0.3 is 16.4 Å². The number of nitrogens with two attached hydrogens (primary N) is 1. The van der Waals surface area contributed by atoms with E-state index in [-0.39, 0.29) is 34.8 Å². The van der Waals surface area contributed by atoms with Gasteiger partial charge in [-0.1, -0.05) is 6.07 Å². The van der Waals surface area contributed by atoms with E-state index in [2.05, 4.69) is 10.6 Å². The number of amides is 2. The maximum atomic E-state index is 13.7. The van der Waals surface area contributed by atoms with Crippen LogP contribution in [0.2, 0.25) is 0 Å². The number of hydrogen-bond acceptors (Lipinski definition) is 4. The molecule has 7 heteroatoms. The number of halogens is 1. The molecule has 4 N–H and O–H groups in total.